The lowest BCUT2D eigenvalue weighted by atomic mass is 10.2. The fourth-order valence-electron chi connectivity index (χ4n) is 0.357. The minimum Gasteiger partial charge on any atom is -0.366 e. The Labute approximate surface area is 71.2 Å². The van der Waals surface area contributed by atoms with Crippen LogP contribution in [0.1, 0.15) is 34.6 Å². The van der Waals surface area contributed by atoms with Crippen LogP contribution in [0.5, 0.6) is 0 Å². The summed E-state index contributed by atoms with van der Waals surface area (Å²) in [5.74, 6) is 0.515. The topological polar surface area (TPSA) is 12.0 Å². The van der Waals surface area contributed by atoms with Crippen LogP contribution in [0.25, 0.3) is 0 Å². The Balaban J connectivity index is 0. The van der Waals surface area contributed by atoms with E-state index in [0.29, 0.717) is 5.92 Å². The summed E-state index contributed by atoms with van der Waals surface area (Å²) in [6.07, 6.45) is 3.84. The zero-order chi connectivity index (χ0) is 9.28. The van der Waals surface area contributed by atoms with E-state index in [-0.39, 0.29) is 0 Å². The molecule has 11 heavy (non-hydrogen) atoms. The SMILES string of the molecule is C=C(N/C=C\C)C(C)C.CC. The van der Waals surface area contributed by atoms with E-state index in [2.05, 4.69) is 25.7 Å². The van der Waals surface area contributed by atoms with Crippen molar-refractivity contribution in [1.29, 1.82) is 0 Å². The summed E-state index contributed by atoms with van der Waals surface area (Å²) >= 11 is 0. The first-order valence-electron chi connectivity index (χ1n) is 4.25. The van der Waals surface area contributed by atoms with E-state index in [1.807, 2.05) is 33.0 Å². The Hall–Kier alpha value is -0.720. The summed E-state index contributed by atoms with van der Waals surface area (Å²) in [6.45, 7) is 14.0. The molecule has 0 spiro atoms. The molecule has 0 amide bonds. The Kier molecular flexibility index (Phi) is 10.9. The first-order chi connectivity index (χ1) is 5.18. The predicted octanol–water partition coefficient (Wildman–Crippen LogP) is 3.31. The van der Waals surface area contributed by atoms with Gasteiger partial charge in [-0.15, -0.1) is 0 Å². The molecule has 1 heteroatoms. The monoisotopic (exact) mass is 155 g/mol. The molecule has 1 nitrogen and oxygen atoms in total. The first-order valence-corrected chi connectivity index (χ1v) is 4.25. The molecular weight excluding hydrogens is 134 g/mol. The third kappa shape index (κ3) is 9.28. The Morgan fingerprint density at radius 1 is 1.36 bits per heavy atom. The van der Waals surface area contributed by atoms with Crippen LogP contribution in [0.4, 0.5) is 0 Å². The highest BCUT2D eigenvalue weighted by molar-refractivity contribution is 4.99. The van der Waals surface area contributed by atoms with Crippen LogP contribution in [0.15, 0.2) is 24.6 Å². The quantitative estimate of drug-likeness (QED) is 0.659. The van der Waals surface area contributed by atoms with Crippen LogP contribution in [0, 0.1) is 5.92 Å². The lowest BCUT2D eigenvalue weighted by Crippen LogP contribution is -2.08. The third-order valence-corrected chi connectivity index (χ3v) is 1.13. The molecule has 0 aliphatic carbocycles. The molecule has 0 atom stereocenters. The van der Waals surface area contributed by atoms with Gasteiger partial charge in [0.1, 0.15) is 0 Å². The van der Waals surface area contributed by atoms with Crippen LogP contribution in [-0.4, -0.2) is 0 Å². The van der Waals surface area contributed by atoms with Crippen LogP contribution in [0.3, 0.4) is 0 Å². The van der Waals surface area contributed by atoms with Gasteiger partial charge in [0.15, 0.2) is 0 Å². The molecule has 0 saturated carbocycles. The highest BCUT2D eigenvalue weighted by Crippen LogP contribution is 2.00. The maximum atomic E-state index is 3.83. The van der Waals surface area contributed by atoms with E-state index in [4.69, 9.17) is 0 Å². The molecular formula is C10H21N. The van der Waals surface area contributed by atoms with Gasteiger partial charge in [0.05, 0.1) is 0 Å². The lowest BCUT2D eigenvalue weighted by molar-refractivity contribution is 0.718. The zero-order valence-corrected chi connectivity index (χ0v) is 8.44. The normalized spacial score (nSPS) is 9.27. The molecule has 0 saturated heterocycles. The molecule has 1 N–H and O–H groups in total. The van der Waals surface area contributed by atoms with E-state index in [1.54, 1.807) is 0 Å². The Morgan fingerprint density at radius 2 is 1.82 bits per heavy atom. The maximum absolute atomic E-state index is 3.83. The van der Waals surface area contributed by atoms with Gasteiger partial charge in [0.25, 0.3) is 0 Å². The number of allylic oxidation sites excluding steroid dienone is 2. The Bertz CT molecular complexity index is 112. The smallest absolute Gasteiger partial charge is 0.00990 e. The average molecular weight is 155 g/mol. The third-order valence-electron chi connectivity index (χ3n) is 1.13. The molecule has 0 heterocycles. The fraction of sp³-hybridized carbons (Fsp3) is 0.600. The standard InChI is InChI=1S/C8H15N.C2H6/c1-5-6-9-8(4)7(2)3;1-2/h5-7,9H,4H2,1-3H3;1-2H3/b6-5-;. The van der Waals surface area contributed by atoms with Gasteiger partial charge in [0, 0.05) is 5.70 Å². The second kappa shape index (κ2) is 9.28. The first kappa shape index (κ1) is 12.9. The van der Waals surface area contributed by atoms with Crippen molar-refractivity contribution in [2.45, 2.75) is 34.6 Å². The molecule has 0 bridgehead atoms. The highest BCUT2D eigenvalue weighted by atomic mass is 14.8. The van der Waals surface area contributed by atoms with Gasteiger partial charge in [-0.1, -0.05) is 40.3 Å². The van der Waals surface area contributed by atoms with Gasteiger partial charge in [-0.25, -0.2) is 0 Å². The van der Waals surface area contributed by atoms with Gasteiger partial charge in [-0.2, -0.15) is 0 Å². The van der Waals surface area contributed by atoms with Crippen molar-refractivity contribution in [2.24, 2.45) is 5.92 Å². The largest absolute Gasteiger partial charge is 0.366 e. The summed E-state index contributed by atoms with van der Waals surface area (Å²) in [5, 5.41) is 3.06. The second-order valence-corrected chi connectivity index (χ2v) is 2.32. The van der Waals surface area contributed by atoms with Gasteiger partial charge in [-0.05, 0) is 19.0 Å². The van der Waals surface area contributed by atoms with E-state index in [9.17, 15) is 0 Å². The molecule has 0 aromatic carbocycles. The van der Waals surface area contributed by atoms with Gasteiger partial charge < -0.3 is 5.32 Å². The predicted molar refractivity (Wildman–Crippen MR) is 53.3 cm³/mol. The average Bonchev–Trinajstić information content (AvgIpc) is 2.03. The Morgan fingerprint density at radius 3 is 2.09 bits per heavy atom. The van der Waals surface area contributed by atoms with Crippen molar-refractivity contribution in [1.82, 2.24) is 5.32 Å². The summed E-state index contributed by atoms with van der Waals surface area (Å²) in [4.78, 5) is 0. The number of hydrogen-bond donors (Lipinski definition) is 1. The molecule has 0 aliphatic rings. The van der Waals surface area contributed by atoms with Crippen molar-refractivity contribution in [2.75, 3.05) is 0 Å². The fourth-order valence-corrected chi connectivity index (χ4v) is 0.357. The molecule has 0 aliphatic heterocycles. The zero-order valence-electron chi connectivity index (χ0n) is 8.44. The molecule has 0 fully saturated rings. The number of rotatable bonds is 3. The maximum Gasteiger partial charge on any atom is 0.00990 e. The molecule has 0 unspecified atom stereocenters. The van der Waals surface area contributed by atoms with Crippen LogP contribution in [0.2, 0.25) is 0 Å². The number of nitrogens with one attached hydrogen (secondary N) is 1. The van der Waals surface area contributed by atoms with Crippen LogP contribution in [-0.2, 0) is 0 Å². The molecule has 0 rings (SSSR count). The summed E-state index contributed by atoms with van der Waals surface area (Å²) < 4.78 is 0. The molecule has 0 aromatic rings. The van der Waals surface area contributed by atoms with Crippen molar-refractivity contribution in [3.05, 3.63) is 24.6 Å². The van der Waals surface area contributed by atoms with Gasteiger partial charge in [-0.3, -0.25) is 0 Å². The number of hydrogen-bond acceptors (Lipinski definition) is 1. The van der Waals surface area contributed by atoms with E-state index in [0.717, 1.165) is 5.70 Å². The lowest BCUT2D eigenvalue weighted by Gasteiger charge is -2.07. The van der Waals surface area contributed by atoms with E-state index < -0.39 is 0 Å². The minimum absolute atomic E-state index is 0.515. The van der Waals surface area contributed by atoms with E-state index in [1.165, 1.54) is 0 Å². The van der Waals surface area contributed by atoms with Crippen molar-refractivity contribution in [3.63, 3.8) is 0 Å². The van der Waals surface area contributed by atoms with Crippen LogP contribution < -0.4 is 5.32 Å². The van der Waals surface area contributed by atoms with Crippen molar-refractivity contribution in [3.8, 4) is 0 Å². The van der Waals surface area contributed by atoms with Crippen molar-refractivity contribution < 1.29 is 0 Å². The highest BCUT2D eigenvalue weighted by Gasteiger charge is 1.93. The minimum atomic E-state index is 0.515. The molecule has 0 radical (unpaired) electrons. The second-order valence-electron chi connectivity index (χ2n) is 2.32. The van der Waals surface area contributed by atoms with Crippen molar-refractivity contribution >= 4 is 0 Å². The van der Waals surface area contributed by atoms with Crippen LogP contribution >= 0.6 is 0 Å². The summed E-state index contributed by atoms with van der Waals surface area (Å²) in [5.41, 5.74) is 1.06. The summed E-state index contributed by atoms with van der Waals surface area (Å²) in [7, 11) is 0. The molecule has 0 aromatic heterocycles. The van der Waals surface area contributed by atoms with Gasteiger partial charge >= 0.3 is 0 Å². The van der Waals surface area contributed by atoms with Gasteiger partial charge in [0.2, 0.25) is 0 Å². The summed E-state index contributed by atoms with van der Waals surface area (Å²) in [6, 6.07) is 0. The molecule has 66 valence electrons. The van der Waals surface area contributed by atoms with E-state index >= 15 is 0 Å².